The molecule has 0 radical (unpaired) electrons. The molecule has 8 heteroatoms. The molecule has 0 spiro atoms. The molecular weight excluding hydrogens is 295 g/mol. The highest BCUT2D eigenvalue weighted by Gasteiger charge is 2.21. The smallest absolute Gasteiger partial charge is 0.258 e. The summed E-state index contributed by atoms with van der Waals surface area (Å²) in [6.45, 7) is 0. The van der Waals surface area contributed by atoms with Crippen molar-refractivity contribution in [1.82, 2.24) is 0 Å². The topological polar surface area (TPSA) is 55.1 Å². The number of nitrogens with one attached hydrogen (secondary N) is 1. The van der Waals surface area contributed by atoms with Gasteiger partial charge in [0.2, 0.25) is 0 Å². The first-order valence-electron chi connectivity index (χ1n) is 5.51. The van der Waals surface area contributed by atoms with Crippen LogP contribution in [-0.2, 0) is 0 Å². The molecule has 0 heterocycles. The molecule has 110 valence electrons. The second-order valence-electron chi connectivity index (χ2n) is 4.00. The molecule has 0 aliphatic carbocycles. The largest absolute Gasteiger partial charge is 0.397 e. The van der Waals surface area contributed by atoms with Gasteiger partial charge in [0.05, 0.1) is 11.3 Å². The molecule has 0 aromatic heterocycles. The van der Waals surface area contributed by atoms with E-state index in [-0.39, 0.29) is 5.69 Å². The number of hydrogen-bond donors (Lipinski definition) is 2. The van der Waals surface area contributed by atoms with E-state index in [1.807, 2.05) is 5.32 Å². The van der Waals surface area contributed by atoms with Crippen molar-refractivity contribution in [3.63, 3.8) is 0 Å². The minimum Gasteiger partial charge on any atom is -0.397 e. The molecule has 0 bridgehead atoms. The fourth-order valence-corrected chi connectivity index (χ4v) is 1.57. The third kappa shape index (κ3) is 2.64. The van der Waals surface area contributed by atoms with Crippen LogP contribution in [0, 0.1) is 29.1 Å². The molecule has 0 unspecified atom stereocenters. The van der Waals surface area contributed by atoms with Gasteiger partial charge in [-0.2, -0.15) is 0 Å². The van der Waals surface area contributed by atoms with Gasteiger partial charge in [0, 0.05) is 0 Å². The summed E-state index contributed by atoms with van der Waals surface area (Å²) in [5.41, 5.74) is 3.45. The second kappa shape index (κ2) is 5.39. The lowest BCUT2D eigenvalue weighted by Crippen LogP contribution is -2.17. The second-order valence-corrected chi connectivity index (χ2v) is 4.00. The molecule has 2 rings (SSSR count). The third-order valence-corrected chi connectivity index (χ3v) is 2.65. The molecule has 0 aliphatic heterocycles. The molecule has 0 saturated heterocycles. The van der Waals surface area contributed by atoms with Crippen molar-refractivity contribution in [1.29, 1.82) is 0 Å². The normalized spacial score (nSPS) is 10.5. The summed E-state index contributed by atoms with van der Waals surface area (Å²) in [7, 11) is 0. The number of nitrogens with two attached hydrogens (primary N) is 1. The number of hydrogen-bond acceptors (Lipinski definition) is 2. The summed E-state index contributed by atoms with van der Waals surface area (Å²) in [5, 5.41) is 1.82. The number of benzene rings is 2. The first-order valence-corrected chi connectivity index (χ1v) is 5.51. The summed E-state index contributed by atoms with van der Waals surface area (Å²) in [5.74, 6) is -9.13. The fraction of sp³-hybridized carbons (Fsp3) is 0. The van der Waals surface area contributed by atoms with Crippen LogP contribution in [0.2, 0.25) is 0 Å². The summed E-state index contributed by atoms with van der Waals surface area (Å²) in [4.78, 5) is 11.7. The van der Waals surface area contributed by atoms with Gasteiger partial charge in [-0.05, 0) is 24.3 Å². The standard InChI is InChI=1S/C13H7F5N2O/c14-6-2-1-5(9(16)10(6)17)13(21)20-12-8(19)4-3-7(15)11(12)18/h1-4H,19H2,(H,20,21). The Kier molecular flexibility index (Phi) is 3.79. The molecular formula is C13H7F5N2O. The number of halogens is 5. The first kappa shape index (κ1) is 14.8. The van der Waals surface area contributed by atoms with Gasteiger partial charge >= 0.3 is 0 Å². The van der Waals surface area contributed by atoms with Gasteiger partial charge in [0.25, 0.3) is 5.91 Å². The van der Waals surface area contributed by atoms with E-state index in [1.165, 1.54) is 0 Å². The van der Waals surface area contributed by atoms with Crippen LogP contribution < -0.4 is 11.1 Å². The Morgan fingerprint density at radius 3 is 2.10 bits per heavy atom. The van der Waals surface area contributed by atoms with Crippen molar-refractivity contribution in [2.24, 2.45) is 0 Å². The zero-order valence-corrected chi connectivity index (χ0v) is 10.2. The molecule has 0 aliphatic rings. The monoisotopic (exact) mass is 302 g/mol. The van der Waals surface area contributed by atoms with Gasteiger partial charge in [0.15, 0.2) is 29.1 Å². The summed E-state index contributed by atoms with van der Waals surface area (Å²) >= 11 is 0. The van der Waals surface area contributed by atoms with Crippen LogP contribution in [0.5, 0.6) is 0 Å². The van der Waals surface area contributed by atoms with Crippen molar-refractivity contribution in [2.45, 2.75) is 0 Å². The summed E-state index contributed by atoms with van der Waals surface area (Å²) in [6, 6.07) is 2.91. The minimum absolute atomic E-state index is 0.315. The van der Waals surface area contributed by atoms with E-state index in [1.54, 1.807) is 0 Å². The Balaban J connectivity index is 2.40. The Bertz CT molecular complexity index is 733. The van der Waals surface area contributed by atoms with E-state index in [0.29, 0.717) is 12.1 Å². The molecule has 0 fully saturated rings. The predicted molar refractivity (Wildman–Crippen MR) is 65.0 cm³/mol. The van der Waals surface area contributed by atoms with Gasteiger partial charge in [-0.25, -0.2) is 22.0 Å². The highest BCUT2D eigenvalue weighted by atomic mass is 19.2. The molecule has 3 N–H and O–H groups in total. The maximum absolute atomic E-state index is 13.5. The summed E-state index contributed by atoms with van der Waals surface area (Å²) in [6.07, 6.45) is 0. The maximum atomic E-state index is 13.5. The zero-order valence-electron chi connectivity index (χ0n) is 10.2. The van der Waals surface area contributed by atoms with Gasteiger partial charge in [-0.1, -0.05) is 0 Å². The SMILES string of the molecule is Nc1ccc(F)c(F)c1NC(=O)c1ccc(F)c(F)c1F. The summed E-state index contributed by atoms with van der Waals surface area (Å²) < 4.78 is 65.7. The number of amides is 1. The molecule has 3 nitrogen and oxygen atoms in total. The average Bonchev–Trinajstić information content (AvgIpc) is 2.45. The molecule has 0 atom stereocenters. The van der Waals surface area contributed by atoms with Crippen LogP contribution in [0.3, 0.4) is 0 Å². The van der Waals surface area contributed by atoms with Gasteiger partial charge in [0.1, 0.15) is 5.69 Å². The quantitative estimate of drug-likeness (QED) is 0.508. The van der Waals surface area contributed by atoms with Crippen LogP contribution in [0.15, 0.2) is 24.3 Å². The number of rotatable bonds is 2. The highest BCUT2D eigenvalue weighted by molar-refractivity contribution is 6.06. The molecule has 21 heavy (non-hydrogen) atoms. The van der Waals surface area contributed by atoms with Crippen LogP contribution in [0.25, 0.3) is 0 Å². The Morgan fingerprint density at radius 1 is 0.857 bits per heavy atom. The highest BCUT2D eigenvalue weighted by Crippen LogP contribution is 2.26. The van der Waals surface area contributed by atoms with Crippen molar-refractivity contribution in [2.75, 3.05) is 11.1 Å². The van der Waals surface area contributed by atoms with E-state index in [0.717, 1.165) is 12.1 Å². The van der Waals surface area contributed by atoms with E-state index in [2.05, 4.69) is 0 Å². The lowest BCUT2D eigenvalue weighted by molar-refractivity contribution is 0.102. The van der Waals surface area contributed by atoms with Crippen LogP contribution >= 0.6 is 0 Å². The van der Waals surface area contributed by atoms with Gasteiger partial charge in [-0.15, -0.1) is 0 Å². The zero-order chi connectivity index (χ0) is 15.7. The van der Waals surface area contributed by atoms with Gasteiger partial charge < -0.3 is 11.1 Å². The van der Waals surface area contributed by atoms with Crippen LogP contribution in [0.1, 0.15) is 10.4 Å². The molecule has 0 saturated carbocycles. The number of carbonyl (C=O) groups excluding carboxylic acids is 1. The Morgan fingerprint density at radius 2 is 1.43 bits per heavy atom. The van der Waals surface area contributed by atoms with Crippen LogP contribution in [-0.4, -0.2) is 5.91 Å². The van der Waals surface area contributed by atoms with E-state index >= 15 is 0 Å². The Labute approximate surface area is 115 Å². The minimum atomic E-state index is -1.85. The van der Waals surface area contributed by atoms with Crippen molar-refractivity contribution < 1.29 is 26.7 Å². The number of nitrogen functional groups attached to an aromatic ring is 1. The lowest BCUT2D eigenvalue weighted by atomic mass is 10.1. The van der Waals surface area contributed by atoms with Crippen molar-refractivity contribution in [3.8, 4) is 0 Å². The number of anilines is 2. The number of carbonyl (C=O) groups is 1. The fourth-order valence-electron chi connectivity index (χ4n) is 1.57. The average molecular weight is 302 g/mol. The van der Waals surface area contributed by atoms with Crippen molar-refractivity contribution in [3.05, 3.63) is 58.9 Å². The molecule has 1 amide bonds. The van der Waals surface area contributed by atoms with E-state index in [9.17, 15) is 26.7 Å². The van der Waals surface area contributed by atoms with Crippen molar-refractivity contribution >= 4 is 17.3 Å². The molecule has 2 aromatic rings. The third-order valence-electron chi connectivity index (χ3n) is 2.65. The predicted octanol–water partition coefficient (Wildman–Crippen LogP) is 3.22. The lowest BCUT2D eigenvalue weighted by Gasteiger charge is -2.10. The van der Waals surface area contributed by atoms with Gasteiger partial charge in [-0.3, -0.25) is 4.79 Å². The van der Waals surface area contributed by atoms with E-state index in [4.69, 9.17) is 5.73 Å². The van der Waals surface area contributed by atoms with E-state index < -0.39 is 46.2 Å². The maximum Gasteiger partial charge on any atom is 0.258 e. The van der Waals surface area contributed by atoms with Crippen LogP contribution in [0.4, 0.5) is 33.3 Å². The molecule has 2 aromatic carbocycles. The Hall–Kier alpha value is -2.64. The first-order chi connectivity index (χ1) is 9.82.